The number of nitrogens with zero attached hydrogens (tertiary/aromatic N) is 1. The fourth-order valence-electron chi connectivity index (χ4n) is 1.91. The van der Waals surface area contributed by atoms with Crippen LogP contribution in [0.2, 0.25) is 0 Å². The van der Waals surface area contributed by atoms with Crippen LogP contribution in [0.3, 0.4) is 0 Å². The summed E-state index contributed by atoms with van der Waals surface area (Å²) in [6, 6.07) is 10.6. The lowest BCUT2D eigenvalue weighted by molar-refractivity contribution is -0.137. The Kier molecular flexibility index (Phi) is 5.70. The van der Waals surface area contributed by atoms with Crippen LogP contribution in [0.5, 0.6) is 0 Å². The SMILES string of the molecule is CCN(Cc1ccccc1)C(C)CCC(=O)O. The van der Waals surface area contributed by atoms with Gasteiger partial charge in [-0.1, -0.05) is 37.3 Å². The van der Waals surface area contributed by atoms with Crippen molar-refractivity contribution in [2.45, 2.75) is 39.3 Å². The van der Waals surface area contributed by atoms with Gasteiger partial charge < -0.3 is 5.11 Å². The van der Waals surface area contributed by atoms with Crippen molar-refractivity contribution in [3.63, 3.8) is 0 Å². The maximum absolute atomic E-state index is 10.6. The van der Waals surface area contributed by atoms with Crippen LogP contribution >= 0.6 is 0 Å². The summed E-state index contributed by atoms with van der Waals surface area (Å²) >= 11 is 0. The highest BCUT2D eigenvalue weighted by molar-refractivity contribution is 5.66. The molecule has 0 saturated carbocycles. The molecule has 0 aliphatic rings. The van der Waals surface area contributed by atoms with Gasteiger partial charge in [0.15, 0.2) is 0 Å². The molecule has 1 unspecified atom stereocenters. The summed E-state index contributed by atoms with van der Waals surface area (Å²) in [5, 5.41) is 8.69. The molecule has 1 aromatic rings. The van der Waals surface area contributed by atoms with Crippen LogP contribution in [0.4, 0.5) is 0 Å². The largest absolute Gasteiger partial charge is 0.481 e. The topological polar surface area (TPSA) is 40.5 Å². The molecule has 0 fully saturated rings. The lowest BCUT2D eigenvalue weighted by Crippen LogP contribution is -2.32. The Hall–Kier alpha value is -1.35. The van der Waals surface area contributed by atoms with Crippen LogP contribution in [0.15, 0.2) is 30.3 Å². The lowest BCUT2D eigenvalue weighted by Gasteiger charge is -2.27. The van der Waals surface area contributed by atoms with Gasteiger partial charge >= 0.3 is 5.97 Å². The van der Waals surface area contributed by atoms with E-state index in [2.05, 4.69) is 30.9 Å². The highest BCUT2D eigenvalue weighted by Crippen LogP contribution is 2.11. The molecule has 0 radical (unpaired) electrons. The number of rotatable bonds is 7. The van der Waals surface area contributed by atoms with Crippen LogP contribution in [0.1, 0.15) is 32.3 Å². The monoisotopic (exact) mass is 235 g/mol. The van der Waals surface area contributed by atoms with E-state index in [4.69, 9.17) is 5.11 Å². The number of carbonyl (C=O) groups is 1. The Morgan fingerprint density at radius 2 is 2.00 bits per heavy atom. The number of aliphatic carboxylic acids is 1. The minimum absolute atomic E-state index is 0.243. The first-order chi connectivity index (χ1) is 8.13. The molecular formula is C14H21NO2. The van der Waals surface area contributed by atoms with Crippen molar-refractivity contribution in [3.8, 4) is 0 Å². The molecule has 0 spiro atoms. The Morgan fingerprint density at radius 1 is 1.35 bits per heavy atom. The maximum atomic E-state index is 10.6. The maximum Gasteiger partial charge on any atom is 0.303 e. The Balaban J connectivity index is 2.50. The summed E-state index contributed by atoms with van der Waals surface area (Å²) in [6.07, 6.45) is 0.947. The molecule has 1 N–H and O–H groups in total. The average Bonchev–Trinajstić information content (AvgIpc) is 2.34. The predicted octanol–water partition coefficient (Wildman–Crippen LogP) is 2.76. The van der Waals surface area contributed by atoms with Crippen molar-refractivity contribution in [2.75, 3.05) is 6.54 Å². The molecule has 0 bridgehead atoms. The summed E-state index contributed by atoms with van der Waals surface area (Å²) < 4.78 is 0. The molecule has 0 aliphatic carbocycles. The van der Waals surface area contributed by atoms with E-state index in [1.165, 1.54) is 5.56 Å². The van der Waals surface area contributed by atoms with Crippen LogP contribution in [-0.4, -0.2) is 28.6 Å². The van der Waals surface area contributed by atoms with Crippen molar-refractivity contribution in [1.82, 2.24) is 4.90 Å². The Morgan fingerprint density at radius 3 is 2.53 bits per heavy atom. The highest BCUT2D eigenvalue weighted by atomic mass is 16.4. The normalized spacial score (nSPS) is 12.6. The second kappa shape index (κ2) is 7.07. The molecule has 0 amide bonds. The first-order valence-corrected chi connectivity index (χ1v) is 6.13. The predicted molar refractivity (Wildman–Crippen MR) is 68.9 cm³/mol. The third-order valence-electron chi connectivity index (χ3n) is 3.03. The van der Waals surface area contributed by atoms with E-state index in [-0.39, 0.29) is 6.42 Å². The number of hydrogen-bond acceptors (Lipinski definition) is 2. The van der Waals surface area contributed by atoms with E-state index >= 15 is 0 Å². The fraction of sp³-hybridized carbons (Fsp3) is 0.500. The van der Waals surface area contributed by atoms with Crippen molar-refractivity contribution < 1.29 is 9.90 Å². The molecule has 0 aliphatic heterocycles. The number of hydrogen-bond donors (Lipinski definition) is 1. The van der Waals surface area contributed by atoms with E-state index in [1.807, 2.05) is 18.2 Å². The first kappa shape index (κ1) is 13.7. The molecular weight excluding hydrogens is 214 g/mol. The summed E-state index contributed by atoms with van der Waals surface area (Å²) in [4.78, 5) is 12.9. The second-order valence-electron chi connectivity index (χ2n) is 4.33. The average molecular weight is 235 g/mol. The van der Waals surface area contributed by atoms with Gasteiger partial charge in [0.1, 0.15) is 0 Å². The van der Waals surface area contributed by atoms with Crippen molar-refractivity contribution in [3.05, 3.63) is 35.9 Å². The van der Waals surface area contributed by atoms with Crippen LogP contribution < -0.4 is 0 Å². The van der Waals surface area contributed by atoms with Crippen LogP contribution in [0.25, 0.3) is 0 Å². The van der Waals surface area contributed by atoms with E-state index < -0.39 is 5.97 Å². The van der Waals surface area contributed by atoms with Gasteiger partial charge in [-0.25, -0.2) is 0 Å². The van der Waals surface area contributed by atoms with Crippen molar-refractivity contribution in [2.24, 2.45) is 0 Å². The summed E-state index contributed by atoms with van der Waals surface area (Å²) in [6.45, 7) is 6.03. The zero-order valence-corrected chi connectivity index (χ0v) is 10.6. The Bertz CT molecular complexity index is 337. The zero-order valence-electron chi connectivity index (χ0n) is 10.6. The third kappa shape index (κ3) is 5.00. The minimum Gasteiger partial charge on any atom is -0.481 e. The van der Waals surface area contributed by atoms with Gasteiger partial charge in [-0.15, -0.1) is 0 Å². The summed E-state index contributed by atoms with van der Waals surface area (Å²) in [5.41, 5.74) is 1.27. The minimum atomic E-state index is -0.715. The number of benzene rings is 1. The van der Waals surface area contributed by atoms with Gasteiger partial charge in [0, 0.05) is 19.0 Å². The second-order valence-corrected chi connectivity index (χ2v) is 4.33. The Labute approximate surface area is 103 Å². The zero-order chi connectivity index (χ0) is 12.7. The van der Waals surface area contributed by atoms with Gasteiger partial charge in [0.05, 0.1) is 0 Å². The van der Waals surface area contributed by atoms with E-state index in [0.717, 1.165) is 13.1 Å². The molecule has 1 aromatic carbocycles. The van der Waals surface area contributed by atoms with Gasteiger partial charge in [-0.3, -0.25) is 9.69 Å². The molecule has 0 heterocycles. The molecule has 94 valence electrons. The summed E-state index contributed by atoms with van der Waals surface area (Å²) in [7, 11) is 0. The quantitative estimate of drug-likeness (QED) is 0.790. The van der Waals surface area contributed by atoms with Crippen molar-refractivity contribution in [1.29, 1.82) is 0 Å². The van der Waals surface area contributed by atoms with Crippen LogP contribution in [0, 0.1) is 0 Å². The van der Waals surface area contributed by atoms with E-state index in [1.54, 1.807) is 0 Å². The molecule has 3 nitrogen and oxygen atoms in total. The molecule has 0 aromatic heterocycles. The van der Waals surface area contributed by atoms with Gasteiger partial charge in [-0.2, -0.15) is 0 Å². The third-order valence-corrected chi connectivity index (χ3v) is 3.03. The van der Waals surface area contributed by atoms with Gasteiger partial charge in [0.2, 0.25) is 0 Å². The molecule has 3 heteroatoms. The first-order valence-electron chi connectivity index (χ1n) is 6.13. The van der Waals surface area contributed by atoms with Crippen LogP contribution in [-0.2, 0) is 11.3 Å². The standard InChI is InChI=1S/C14H21NO2/c1-3-15(12(2)9-10-14(16)17)11-13-7-5-4-6-8-13/h4-8,12H,3,9-11H2,1-2H3,(H,16,17). The molecule has 17 heavy (non-hydrogen) atoms. The molecule has 1 rings (SSSR count). The smallest absolute Gasteiger partial charge is 0.303 e. The highest BCUT2D eigenvalue weighted by Gasteiger charge is 2.13. The van der Waals surface area contributed by atoms with Gasteiger partial charge in [-0.05, 0) is 25.5 Å². The lowest BCUT2D eigenvalue weighted by atomic mass is 10.1. The van der Waals surface area contributed by atoms with Gasteiger partial charge in [0.25, 0.3) is 0 Å². The fourth-order valence-corrected chi connectivity index (χ4v) is 1.91. The molecule has 0 saturated heterocycles. The summed E-state index contributed by atoms with van der Waals surface area (Å²) in [5.74, 6) is -0.715. The van der Waals surface area contributed by atoms with E-state index in [0.29, 0.717) is 12.5 Å². The molecule has 1 atom stereocenters. The number of carboxylic acid groups (broad SMARTS) is 1. The number of carboxylic acids is 1. The van der Waals surface area contributed by atoms with Crippen molar-refractivity contribution >= 4 is 5.97 Å². The van der Waals surface area contributed by atoms with E-state index in [9.17, 15) is 4.79 Å².